The van der Waals surface area contributed by atoms with Crippen molar-refractivity contribution in [1.82, 2.24) is 15.6 Å². The van der Waals surface area contributed by atoms with Crippen molar-refractivity contribution in [1.29, 1.82) is 0 Å². The molecule has 5 rings (SSSR count). The third-order valence-electron chi connectivity index (χ3n) is 6.11. The Balaban J connectivity index is 1.22. The molecule has 168 valence electrons. The van der Waals surface area contributed by atoms with E-state index in [0.717, 1.165) is 43.2 Å². The van der Waals surface area contributed by atoms with E-state index in [-0.39, 0.29) is 12.2 Å². The van der Waals surface area contributed by atoms with Crippen LogP contribution < -0.4 is 15.4 Å². The van der Waals surface area contributed by atoms with Crippen molar-refractivity contribution in [3.8, 4) is 5.75 Å². The lowest BCUT2D eigenvalue weighted by molar-refractivity contribution is 0.0998. The summed E-state index contributed by atoms with van der Waals surface area (Å²) < 4.78 is 5.96. The number of ether oxygens (including phenoxy) is 1. The highest BCUT2D eigenvalue weighted by Crippen LogP contribution is 2.29. The van der Waals surface area contributed by atoms with Gasteiger partial charge in [-0.05, 0) is 41.7 Å². The molecule has 2 aromatic carbocycles. The van der Waals surface area contributed by atoms with E-state index in [2.05, 4.69) is 52.0 Å². The number of hydrogen-bond acceptors (Lipinski definition) is 6. The molecule has 1 aromatic heterocycles. The second kappa shape index (κ2) is 10.1. The van der Waals surface area contributed by atoms with Gasteiger partial charge in [-0.15, -0.1) is 0 Å². The highest BCUT2D eigenvalue weighted by Gasteiger charge is 2.23. The Morgan fingerprint density at radius 1 is 1.00 bits per heavy atom. The fourth-order valence-corrected chi connectivity index (χ4v) is 4.13. The number of carbonyl (C=O) groups excluding carboxylic acids is 1. The predicted molar refractivity (Wildman–Crippen MR) is 130 cm³/mol. The predicted octanol–water partition coefficient (Wildman–Crippen LogP) is 3.72. The van der Waals surface area contributed by atoms with Gasteiger partial charge in [0.15, 0.2) is 5.78 Å². The second-order valence-electron chi connectivity index (χ2n) is 8.68. The smallest absolute Gasteiger partial charge is 0.170 e. The fourth-order valence-electron chi connectivity index (χ4n) is 4.13. The molecule has 1 fully saturated rings. The molecule has 2 aliphatic heterocycles. The van der Waals surface area contributed by atoms with Crippen molar-refractivity contribution in [3.05, 3.63) is 89.2 Å². The molecule has 0 spiro atoms. The van der Waals surface area contributed by atoms with Crippen LogP contribution in [-0.2, 0) is 13.0 Å². The van der Waals surface area contributed by atoms with Crippen LogP contribution in [0, 0.1) is 5.92 Å². The zero-order valence-corrected chi connectivity index (χ0v) is 18.6. The quantitative estimate of drug-likeness (QED) is 0.530. The van der Waals surface area contributed by atoms with E-state index < -0.39 is 0 Å². The average Bonchev–Trinajstić information content (AvgIpc) is 2.81. The molecule has 0 aliphatic carbocycles. The summed E-state index contributed by atoms with van der Waals surface area (Å²) in [5.41, 5.74) is 5.40. The summed E-state index contributed by atoms with van der Waals surface area (Å²) in [6.07, 6.45) is 2.87. The molecule has 33 heavy (non-hydrogen) atoms. The van der Waals surface area contributed by atoms with Gasteiger partial charge < -0.3 is 15.4 Å². The third-order valence-corrected chi connectivity index (χ3v) is 6.11. The summed E-state index contributed by atoms with van der Waals surface area (Å²) in [6.45, 7) is 3.94. The Labute approximate surface area is 194 Å². The Hall–Kier alpha value is -3.35. The van der Waals surface area contributed by atoms with Gasteiger partial charge in [-0.25, -0.2) is 0 Å². The van der Waals surface area contributed by atoms with Crippen molar-refractivity contribution in [2.75, 3.05) is 26.2 Å². The maximum atomic E-state index is 12.7. The standard InChI is InChI=1S/C27H28N4O2/c32-26-13-22(18-33-23-8-6-20(7-9-23)12-19-4-2-1-3-5-19)31-27-24(26)10-11-30-25(27)17-29-16-21-14-28-15-21/h1-11,21,28-29H,12-18H2. The zero-order valence-electron chi connectivity index (χ0n) is 18.6. The van der Waals surface area contributed by atoms with Gasteiger partial charge in [-0.3, -0.25) is 14.8 Å². The average molecular weight is 441 g/mol. The van der Waals surface area contributed by atoms with E-state index in [1.165, 1.54) is 11.1 Å². The minimum absolute atomic E-state index is 0.0728. The molecule has 0 bridgehead atoms. The van der Waals surface area contributed by atoms with E-state index in [9.17, 15) is 4.79 Å². The topological polar surface area (TPSA) is 75.6 Å². The molecule has 2 aliphatic rings. The largest absolute Gasteiger partial charge is 0.488 e. The van der Waals surface area contributed by atoms with Crippen molar-refractivity contribution in [3.63, 3.8) is 0 Å². The zero-order chi connectivity index (χ0) is 22.5. The molecule has 6 nitrogen and oxygen atoms in total. The third kappa shape index (κ3) is 5.35. The number of aromatic nitrogens is 1. The van der Waals surface area contributed by atoms with Crippen molar-refractivity contribution in [2.45, 2.75) is 19.4 Å². The van der Waals surface area contributed by atoms with Crippen LogP contribution >= 0.6 is 0 Å². The van der Waals surface area contributed by atoms with Gasteiger partial charge in [-0.1, -0.05) is 42.5 Å². The minimum Gasteiger partial charge on any atom is -0.488 e. The molecular weight excluding hydrogens is 412 g/mol. The van der Waals surface area contributed by atoms with Crippen LogP contribution in [-0.4, -0.2) is 42.7 Å². The maximum absolute atomic E-state index is 12.7. The SMILES string of the molecule is O=C1CC(COc2ccc(Cc3ccccc3)cc2)=Nc2c1ccnc2CNCC1CNC1. The van der Waals surface area contributed by atoms with Gasteiger partial charge in [0, 0.05) is 37.9 Å². The number of benzene rings is 2. The molecular formula is C27H28N4O2. The first-order chi connectivity index (χ1) is 16.2. The molecule has 0 amide bonds. The van der Waals surface area contributed by atoms with Gasteiger partial charge in [0.2, 0.25) is 0 Å². The van der Waals surface area contributed by atoms with Crippen molar-refractivity contribution in [2.24, 2.45) is 10.9 Å². The number of carbonyl (C=O) groups is 1. The van der Waals surface area contributed by atoms with E-state index in [1.807, 2.05) is 18.2 Å². The molecule has 3 aromatic rings. The van der Waals surface area contributed by atoms with Crippen LogP contribution in [0.1, 0.15) is 33.6 Å². The summed E-state index contributed by atoms with van der Waals surface area (Å²) in [5.74, 6) is 1.51. The normalized spacial score (nSPS) is 15.5. The van der Waals surface area contributed by atoms with Crippen LogP contribution in [0.2, 0.25) is 0 Å². The van der Waals surface area contributed by atoms with E-state index >= 15 is 0 Å². The number of nitrogens with one attached hydrogen (secondary N) is 2. The summed E-state index contributed by atoms with van der Waals surface area (Å²) >= 11 is 0. The summed E-state index contributed by atoms with van der Waals surface area (Å²) in [4.78, 5) is 22.0. The number of Topliss-reactive ketones (excluding diaryl/α,β-unsaturated/α-hetero) is 1. The van der Waals surface area contributed by atoms with Gasteiger partial charge >= 0.3 is 0 Å². The minimum atomic E-state index is 0.0728. The highest BCUT2D eigenvalue weighted by atomic mass is 16.5. The number of pyridine rings is 1. The number of aliphatic imine (C=N–C) groups is 1. The van der Waals surface area contributed by atoms with Crippen molar-refractivity contribution >= 4 is 17.2 Å². The molecule has 3 heterocycles. The van der Waals surface area contributed by atoms with E-state index in [1.54, 1.807) is 12.3 Å². The fraction of sp³-hybridized carbons (Fsp3) is 0.296. The van der Waals surface area contributed by atoms with Crippen LogP contribution in [0.3, 0.4) is 0 Å². The number of fused-ring (bicyclic) bond motifs is 1. The summed E-state index contributed by atoms with van der Waals surface area (Å²) in [5, 5.41) is 6.73. The van der Waals surface area contributed by atoms with Gasteiger partial charge in [0.05, 0.1) is 23.5 Å². The number of nitrogens with zero attached hydrogens (tertiary/aromatic N) is 2. The maximum Gasteiger partial charge on any atom is 0.170 e. The van der Waals surface area contributed by atoms with Crippen molar-refractivity contribution < 1.29 is 9.53 Å². The van der Waals surface area contributed by atoms with Crippen LogP contribution in [0.25, 0.3) is 0 Å². The van der Waals surface area contributed by atoms with Crippen LogP contribution in [0.4, 0.5) is 5.69 Å². The first-order valence-electron chi connectivity index (χ1n) is 11.5. The molecule has 2 N–H and O–H groups in total. The summed E-state index contributed by atoms with van der Waals surface area (Å²) in [7, 11) is 0. The Morgan fingerprint density at radius 3 is 2.55 bits per heavy atom. The molecule has 0 radical (unpaired) electrons. The molecule has 0 atom stereocenters. The van der Waals surface area contributed by atoms with E-state index in [0.29, 0.717) is 30.3 Å². The van der Waals surface area contributed by atoms with Crippen LogP contribution in [0.5, 0.6) is 5.75 Å². The summed E-state index contributed by atoms with van der Waals surface area (Å²) in [6, 6.07) is 20.3. The molecule has 0 saturated carbocycles. The Bertz CT molecular complexity index is 1140. The molecule has 1 saturated heterocycles. The highest BCUT2D eigenvalue weighted by molar-refractivity contribution is 6.16. The Kier molecular flexibility index (Phi) is 6.56. The molecule has 6 heteroatoms. The van der Waals surface area contributed by atoms with E-state index in [4.69, 9.17) is 9.73 Å². The lowest BCUT2D eigenvalue weighted by Crippen LogP contribution is -2.47. The Morgan fingerprint density at radius 2 is 1.79 bits per heavy atom. The second-order valence-corrected chi connectivity index (χ2v) is 8.68. The molecule has 0 unspecified atom stereocenters. The van der Waals surface area contributed by atoms with Crippen LogP contribution in [0.15, 0.2) is 71.9 Å². The first-order valence-corrected chi connectivity index (χ1v) is 11.5. The van der Waals surface area contributed by atoms with Gasteiger partial charge in [0.1, 0.15) is 12.4 Å². The number of rotatable bonds is 9. The van der Waals surface area contributed by atoms with Gasteiger partial charge in [0.25, 0.3) is 0 Å². The first kappa shape index (κ1) is 21.5. The monoisotopic (exact) mass is 440 g/mol. The van der Waals surface area contributed by atoms with Gasteiger partial charge in [-0.2, -0.15) is 0 Å². The number of ketones is 1. The number of hydrogen-bond donors (Lipinski definition) is 2. The lowest BCUT2D eigenvalue weighted by Gasteiger charge is -2.27. The lowest BCUT2D eigenvalue weighted by atomic mass is 10.00.